The van der Waals surface area contributed by atoms with Crippen LogP contribution in [0.15, 0.2) is 6.33 Å². The lowest BCUT2D eigenvalue weighted by Crippen LogP contribution is -2.57. The molecule has 2 rings (SSSR count). The van der Waals surface area contributed by atoms with E-state index in [1.807, 2.05) is 11.6 Å². The zero-order valence-corrected chi connectivity index (χ0v) is 12.4. The van der Waals surface area contributed by atoms with Crippen LogP contribution >= 0.6 is 0 Å². The lowest BCUT2D eigenvalue weighted by atomic mass is 10.1. The molecular formula is C13H25N5O. The molecule has 1 fully saturated rings. The van der Waals surface area contributed by atoms with Gasteiger partial charge in [0.25, 0.3) is 0 Å². The Labute approximate surface area is 115 Å². The summed E-state index contributed by atoms with van der Waals surface area (Å²) < 4.78 is 7.18. The van der Waals surface area contributed by atoms with Gasteiger partial charge in [-0.3, -0.25) is 9.80 Å². The second-order valence-corrected chi connectivity index (χ2v) is 5.48. The van der Waals surface area contributed by atoms with Crippen LogP contribution in [0.25, 0.3) is 0 Å². The number of methoxy groups -OCH3 is 1. The molecule has 0 N–H and O–H groups in total. The summed E-state index contributed by atoms with van der Waals surface area (Å²) in [6.45, 7) is 9.41. The van der Waals surface area contributed by atoms with Gasteiger partial charge in [0, 0.05) is 45.9 Å². The Hall–Kier alpha value is -0.980. The van der Waals surface area contributed by atoms with Crippen LogP contribution < -0.4 is 0 Å². The first-order valence-corrected chi connectivity index (χ1v) is 6.91. The molecule has 1 aliphatic rings. The average molecular weight is 267 g/mol. The molecule has 1 aromatic rings. The molecule has 0 aromatic carbocycles. The summed E-state index contributed by atoms with van der Waals surface area (Å²) in [4.78, 5) is 4.99. The van der Waals surface area contributed by atoms with Crippen molar-refractivity contribution in [2.75, 3.05) is 33.4 Å². The van der Waals surface area contributed by atoms with E-state index in [1.54, 1.807) is 13.4 Å². The van der Waals surface area contributed by atoms with Crippen LogP contribution in [0.2, 0.25) is 0 Å². The first-order chi connectivity index (χ1) is 9.11. The Balaban J connectivity index is 1.91. The first-order valence-electron chi connectivity index (χ1n) is 6.91. The lowest BCUT2D eigenvalue weighted by Gasteiger charge is -2.44. The van der Waals surface area contributed by atoms with Gasteiger partial charge >= 0.3 is 0 Å². The van der Waals surface area contributed by atoms with E-state index in [0.29, 0.717) is 12.1 Å². The SMILES string of the molecule is COCCN1[C@@H](C)CN(Cc2nncn2C)C[C@@H]1C. The molecule has 0 unspecified atom stereocenters. The van der Waals surface area contributed by atoms with Crippen LogP contribution in [-0.2, 0) is 18.3 Å². The molecule has 0 radical (unpaired) electrons. The van der Waals surface area contributed by atoms with E-state index in [2.05, 4.69) is 33.8 Å². The number of nitrogens with zero attached hydrogens (tertiary/aromatic N) is 5. The van der Waals surface area contributed by atoms with Gasteiger partial charge in [0.2, 0.25) is 0 Å². The first kappa shape index (κ1) is 14.4. The Morgan fingerprint density at radius 1 is 1.32 bits per heavy atom. The van der Waals surface area contributed by atoms with Crippen molar-refractivity contribution in [2.24, 2.45) is 7.05 Å². The van der Waals surface area contributed by atoms with Crippen molar-refractivity contribution < 1.29 is 4.74 Å². The van der Waals surface area contributed by atoms with Crippen molar-refractivity contribution in [3.8, 4) is 0 Å². The molecule has 6 nitrogen and oxygen atoms in total. The Kier molecular flexibility index (Phi) is 4.90. The minimum Gasteiger partial charge on any atom is -0.383 e. The summed E-state index contributed by atoms with van der Waals surface area (Å²) in [7, 11) is 3.76. The average Bonchev–Trinajstić information content (AvgIpc) is 2.74. The van der Waals surface area contributed by atoms with Gasteiger partial charge in [0.1, 0.15) is 12.2 Å². The van der Waals surface area contributed by atoms with Crippen molar-refractivity contribution in [3.05, 3.63) is 12.2 Å². The van der Waals surface area contributed by atoms with E-state index in [1.165, 1.54) is 0 Å². The number of piperazine rings is 1. The molecule has 6 heteroatoms. The number of aryl methyl sites for hydroxylation is 1. The molecule has 1 aliphatic heterocycles. The highest BCUT2D eigenvalue weighted by molar-refractivity contribution is 4.90. The third kappa shape index (κ3) is 3.52. The molecule has 2 heterocycles. The van der Waals surface area contributed by atoms with Crippen LogP contribution in [0.5, 0.6) is 0 Å². The molecular weight excluding hydrogens is 242 g/mol. The van der Waals surface area contributed by atoms with Gasteiger partial charge in [-0.2, -0.15) is 0 Å². The van der Waals surface area contributed by atoms with Crippen molar-refractivity contribution >= 4 is 0 Å². The minimum absolute atomic E-state index is 0.548. The standard InChI is InChI=1S/C13H25N5O/c1-11-7-17(9-13-15-14-10-16(13)3)8-12(2)18(11)5-6-19-4/h10-12H,5-9H2,1-4H3/t11-,12-/m0/s1. The summed E-state index contributed by atoms with van der Waals surface area (Å²) in [6.07, 6.45) is 1.76. The number of hydrogen-bond donors (Lipinski definition) is 0. The zero-order chi connectivity index (χ0) is 13.8. The number of hydrogen-bond acceptors (Lipinski definition) is 5. The van der Waals surface area contributed by atoms with Crippen LogP contribution in [0, 0.1) is 0 Å². The van der Waals surface area contributed by atoms with Gasteiger partial charge in [0.15, 0.2) is 0 Å². The highest BCUT2D eigenvalue weighted by atomic mass is 16.5. The highest BCUT2D eigenvalue weighted by Gasteiger charge is 2.29. The van der Waals surface area contributed by atoms with Gasteiger partial charge in [0.05, 0.1) is 13.2 Å². The highest BCUT2D eigenvalue weighted by Crippen LogP contribution is 2.16. The summed E-state index contributed by atoms with van der Waals surface area (Å²) in [5.74, 6) is 1.03. The Morgan fingerprint density at radius 2 is 2.00 bits per heavy atom. The normalized spacial score (nSPS) is 25.9. The van der Waals surface area contributed by atoms with Gasteiger partial charge in [-0.1, -0.05) is 0 Å². The maximum Gasteiger partial charge on any atom is 0.146 e. The number of aromatic nitrogens is 3. The van der Waals surface area contributed by atoms with E-state index in [-0.39, 0.29) is 0 Å². The van der Waals surface area contributed by atoms with Crippen molar-refractivity contribution in [1.29, 1.82) is 0 Å². The smallest absolute Gasteiger partial charge is 0.146 e. The molecule has 0 aliphatic carbocycles. The van der Waals surface area contributed by atoms with E-state index in [9.17, 15) is 0 Å². The number of ether oxygens (including phenoxy) is 1. The quantitative estimate of drug-likeness (QED) is 0.771. The zero-order valence-electron chi connectivity index (χ0n) is 12.4. The second kappa shape index (κ2) is 6.45. The van der Waals surface area contributed by atoms with Crippen molar-refractivity contribution in [2.45, 2.75) is 32.5 Å². The lowest BCUT2D eigenvalue weighted by molar-refractivity contribution is 0.0166. The Morgan fingerprint density at radius 3 is 2.53 bits per heavy atom. The van der Waals surface area contributed by atoms with Crippen molar-refractivity contribution in [3.63, 3.8) is 0 Å². The Bertz CT molecular complexity index is 382. The minimum atomic E-state index is 0.548. The van der Waals surface area contributed by atoms with Gasteiger partial charge in [-0.15, -0.1) is 10.2 Å². The van der Waals surface area contributed by atoms with E-state index in [0.717, 1.165) is 38.6 Å². The van der Waals surface area contributed by atoms with Crippen LogP contribution in [0.3, 0.4) is 0 Å². The van der Waals surface area contributed by atoms with E-state index in [4.69, 9.17) is 4.74 Å². The predicted molar refractivity (Wildman–Crippen MR) is 73.8 cm³/mol. The third-order valence-electron chi connectivity index (χ3n) is 3.90. The molecule has 0 bridgehead atoms. The predicted octanol–water partition coefficient (Wildman–Crippen LogP) is 0.356. The largest absolute Gasteiger partial charge is 0.383 e. The van der Waals surface area contributed by atoms with Crippen LogP contribution in [0.1, 0.15) is 19.7 Å². The van der Waals surface area contributed by atoms with Crippen molar-refractivity contribution in [1.82, 2.24) is 24.6 Å². The molecule has 0 saturated carbocycles. The maximum atomic E-state index is 5.19. The molecule has 19 heavy (non-hydrogen) atoms. The summed E-state index contributed by atoms with van der Waals surface area (Å²) in [5, 5.41) is 8.11. The van der Waals surface area contributed by atoms with Gasteiger partial charge < -0.3 is 9.30 Å². The number of rotatable bonds is 5. The molecule has 0 spiro atoms. The van der Waals surface area contributed by atoms with Gasteiger partial charge in [-0.25, -0.2) is 0 Å². The van der Waals surface area contributed by atoms with Gasteiger partial charge in [-0.05, 0) is 13.8 Å². The molecule has 2 atom stereocenters. The maximum absolute atomic E-state index is 5.19. The van der Waals surface area contributed by atoms with E-state index < -0.39 is 0 Å². The molecule has 1 saturated heterocycles. The summed E-state index contributed by atoms with van der Waals surface area (Å²) in [6, 6.07) is 1.10. The second-order valence-electron chi connectivity index (χ2n) is 5.48. The molecule has 108 valence electrons. The fourth-order valence-corrected chi connectivity index (χ4v) is 2.88. The summed E-state index contributed by atoms with van der Waals surface area (Å²) in [5.41, 5.74) is 0. The molecule has 0 amide bonds. The monoisotopic (exact) mass is 267 g/mol. The fraction of sp³-hybridized carbons (Fsp3) is 0.846. The summed E-state index contributed by atoms with van der Waals surface area (Å²) >= 11 is 0. The topological polar surface area (TPSA) is 46.4 Å². The van der Waals surface area contributed by atoms with Crippen LogP contribution in [0.4, 0.5) is 0 Å². The molecule has 1 aromatic heterocycles. The fourth-order valence-electron chi connectivity index (χ4n) is 2.88. The van der Waals surface area contributed by atoms with E-state index >= 15 is 0 Å². The van der Waals surface area contributed by atoms with Crippen LogP contribution in [-0.4, -0.2) is 70.0 Å². The third-order valence-corrected chi connectivity index (χ3v) is 3.90.